The van der Waals surface area contributed by atoms with Crippen LogP contribution in [-0.2, 0) is 16.1 Å². The molecule has 0 bridgehead atoms. The second-order valence-electron chi connectivity index (χ2n) is 6.82. The molecule has 3 aromatic carbocycles. The van der Waals surface area contributed by atoms with Crippen LogP contribution in [0.5, 0.6) is 11.5 Å². The molecular formula is C24H20N2O5. The molecular weight excluding hydrogens is 396 g/mol. The number of carbonyl (C=O) groups is 2. The average Bonchev–Trinajstić information content (AvgIpc) is 2.80. The first kappa shape index (κ1) is 20.2. The van der Waals surface area contributed by atoms with Crippen LogP contribution >= 0.6 is 0 Å². The standard InChI is InChI=1S/C24H20N2O5/c1-29-22-12-15(10-11-21(22)30-14-23(25)27)24(28)31-13-20-18-8-3-2-6-16(18)17-7-4-5-9-19(17)26-20/h2-12H,13-14H2,1H3,(H2,25,27). The van der Waals surface area contributed by atoms with E-state index in [-0.39, 0.29) is 18.8 Å². The second-order valence-corrected chi connectivity index (χ2v) is 6.82. The lowest BCUT2D eigenvalue weighted by molar-refractivity contribution is -0.119. The molecule has 1 heterocycles. The molecule has 0 aliphatic heterocycles. The van der Waals surface area contributed by atoms with Crippen molar-refractivity contribution in [2.45, 2.75) is 6.61 Å². The third-order valence-electron chi connectivity index (χ3n) is 4.80. The van der Waals surface area contributed by atoms with Gasteiger partial charge >= 0.3 is 5.97 Å². The van der Waals surface area contributed by atoms with E-state index in [1.807, 2.05) is 48.5 Å². The van der Waals surface area contributed by atoms with Gasteiger partial charge in [-0.1, -0.05) is 42.5 Å². The first-order valence-electron chi connectivity index (χ1n) is 9.59. The lowest BCUT2D eigenvalue weighted by Gasteiger charge is -2.12. The fraction of sp³-hybridized carbons (Fsp3) is 0.125. The van der Waals surface area contributed by atoms with Crippen LogP contribution in [0.1, 0.15) is 16.1 Å². The molecule has 4 rings (SSSR count). The number of ether oxygens (including phenoxy) is 3. The van der Waals surface area contributed by atoms with Crippen molar-refractivity contribution in [2.75, 3.05) is 13.7 Å². The van der Waals surface area contributed by atoms with Crippen molar-refractivity contribution in [2.24, 2.45) is 5.73 Å². The third kappa shape index (κ3) is 4.25. The molecule has 4 aromatic rings. The zero-order chi connectivity index (χ0) is 21.8. The van der Waals surface area contributed by atoms with Gasteiger partial charge in [0.2, 0.25) is 0 Å². The van der Waals surface area contributed by atoms with E-state index < -0.39 is 11.9 Å². The van der Waals surface area contributed by atoms with Gasteiger partial charge in [-0.3, -0.25) is 4.79 Å². The maximum absolute atomic E-state index is 12.6. The van der Waals surface area contributed by atoms with E-state index in [1.165, 1.54) is 25.3 Å². The third-order valence-corrected chi connectivity index (χ3v) is 4.80. The zero-order valence-electron chi connectivity index (χ0n) is 16.8. The number of primary amides is 1. The Kier molecular flexibility index (Phi) is 5.66. The Labute approximate surface area is 178 Å². The highest BCUT2D eigenvalue weighted by molar-refractivity contribution is 6.06. The van der Waals surface area contributed by atoms with Gasteiger partial charge in [-0.25, -0.2) is 9.78 Å². The van der Waals surface area contributed by atoms with E-state index in [0.717, 1.165) is 21.7 Å². The van der Waals surface area contributed by atoms with Crippen molar-refractivity contribution in [1.29, 1.82) is 0 Å². The number of methoxy groups -OCH3 is 1. The fourth-order valence-electron chi connectivity index (χ4n) is 3.36. The number of fused-ring (bicyclic) bond motifs is 3. The highest BCUT2D eigenvalue weighted by atomic mass is 16.5. The second kappa shape index (κ2) is 8.71. The van der Waals surface area contributed by atoms with Gasteiger partial charge in [-0.05, 0) is 29.7 Å². The Morgan fingerprint density at radius 3 is 2.35 bits per heavy atom. The molecule has 7 heteroatoms. The number of para-hydroxylation sites is 1. The molecule has 0 saturated heterocycles. The summed E-state index contributed by atoms with van der Waals surface area (Å²) < 4.78 is 16.1. The quantitative estimate of drug-likeness (QED) is 0.365. The van der Waals surface area contributed by atoms with Crippen LogP contribution in [0.25, 0.3) is 21.7 Å². The SMILES string of the molecule is COc1cc(C(=O)OCc2nc3ccccc3c3ccccc23)ccc1OCC(N)=O. The highest BCUT2D eigenvalue weighted by Gasteiger charge is 2.15. The summed E-state index contributed by atoms with van der Waals surface area (Å²) in [6, 6.07) is 20.3. The van der Waals surface area contributed by atoms with Crippen molar-refractivity contribution >= 4 is 33.6 Å². The number of nitrogens with zero attached hydrogens (tertiary/aromatic N) is 1. The summed E-state index contributed by atoms with van der Waals surface area (Å²) in [5.74, 6) is -0.538. The zero-order valence-corrected chi connectivity index (χ0v) is 16.8. The molecule has 0 aliphatic rings. The molecule has 0 spiro atoms. The number of carbonyl (C=O) groups excluding carboxylic acids is 2. The predicted octanol–water partition coefficient (Wildman–Crippen LogP) is 3.62. The lowest BCUT2D eigenvalue weighted by atomic mass is 10.0. The number of nitrogens with two attached hydrogens (primary N) is 1. The van der Waals surface area contributed by atoms with E-state index in [9.17, 15) is 9.59 Å². The number of esters is 1. The Balaban J connectivity index is 1.57. The van der Waals surface area contributed by atoms with Gasteiger partial charge in [0.25, 0.3) is 5.91 Å². The minimum atomic E-state index is -0.611. The molecule has 0 radical (unpaired) electrons. The fourth-order valence-corrected chi connectivity index (χ4v) is 3.36. The summed E-state index contributed by atoms with van der Waals surface area (Å²) >= 11 is 0. The van der Waals surface area contributed by atoms with Gasteiger partial charge in [0.15, 0.2) is 18.1 Å². The summed E-state index contributed by atoms with van der Waals surface area (Å²) in [4.78, 5) is 28.3. The summed E-state index contributed by atoms with van der Waals surface area (Å²) in [6.07, 6.45) is 0. The van der Waals surface area contributed by atoms with Crippen LogP contribution in [0.3, 0.4) is 0 Å². The van der Waals surface area contributed by atoms with Crippen LogP contribution in [0.2, 0.25) is 0 Å². The molecule has 1 aromatic heterocycles. The molecule has 0 fully saturated rings. The first-order valence-corrected chi connectivity index (χ1v) is 9.59. The molecule has 0 atom stereocenters. The van der Waals surface area contributed by atoms with Gasteiger partial charge in [0, 0.05) is 10.8 Å². The van der Waals surface area contributed by atoms with Gasteiger partial charge in [-0.15, -0.1) is 0 Å². The van der Waals surface area contributed by atoms with Crippen molar-refractivity contribution < 1.29 is 23.8 Å². The first-order chi connectivity index (χ1) is 15.1. The summed E-state index contributed by atoms with van der Waals surface area (Å²) in [5.41, 5.74) is 6.89. The van der Waals surface area contributed by atoms with Crippen molar-refractivity contribution in [3.63, 3.8) is 0 Å². The van der Waals surface area contributed by atoms with E-state index in [0.29, 0.717) is 17.2 Å². The van der Waals surface area contributed by atoms with Crippen LogP contribution in [0, 0.1) is 0 Å². The maximum atomic E-state index is 12.6. The highest BCUT2D eigenvalue weighted by Crippen LogP contribution is 2.29. The smallest absolute Gasteiger partial charge is 0.338 e. The Bertz CT molecular complexity index is 1290. The van der Waals surface area contributed by atoms with Crippen LogP contribution in [0.4, 0.5) is 0 Å². The Morgan fingerprint density at radius 1 is 0.903 bits per heavy atom. The maximum Gasteiger partial charge on any atom is 0.338 e. The monoisotopic (exact) mass is 416 g/mol. The van der Waals surface area contributed by atoms with E-state index in [2.05, 4.69) is 0 Å². The molecule has 0 aliphatic carbocycles. The topological polar surface area (TPSA) is 101 Å². The van der Waals surface area contributed by atoms with Gasteiger partial charge in [0.05, 0.1) is 23.9 Å². The minimum Gasteiger partial charge on any atom is -0.493 e. The van der Waals surface area contributed by atoms with Crippen LogP contribution in [-0.4, -0.2) is 30.6 Å². The Hall–Kier alpha value is -4.13. The van der Waals surface area contributed by atoms with Gasteiger partial charge < -0.3 is 19.9 Å². The molecule has 0 saturated carbocycles. The molecule has 7 nitrogen and oxygen atoms in total. The number of aromatic nitrogens is 1. The molecule has 1 amide bonds. The lowest BCUT2D eigenvalue weighted by Crippen LogP contribution is -2.20. The number of benzene rings is 3. The number of hydrogen-bond acceptors (Lipinski definition) is 6. The summed E-state index contributed by atoms with van der Waals surface area (Å²) in [5, 5.41) is 3.03. The molecule has 0 unspecified atom stereocenters. The van der Waals surface area contributed by atoms with Crippen LogP contribution < -0.4 is 15.2 Å². The van der Waals surface area contributed by atoms with E-state index in [4.69, 9.17) is 24.9 Å². The molecule has 2 N–H and O–H groups in total. The van der Waals surface area contributed by atoms with E-state index in [1.54, 1.807) is 0 Å². The molecule has 156 valence electrons. The average molecular weight is 416 g/mol. The summed E-state index contributed by atoms with van der Waals surface area (Å²) in [6.45, 7) is -0.271. The Morgan fingerprint density at radius 2 is 1.61 bits per heavy atom. The van der Waals surface area contributed by atoms with Crippen LogP contribution in [0.15, 0.2) is 66.7 Å². The number of amides is 1. The minimum absolute atomic E-state index is 0.0203. The number of hydrogen-bond donors (Lipinski definition) is 1. The molecule has 31 heavy (non-hydrogen) atoms. The summed E-state index contributed by atoms with van der Waals surface area (Å²) in [7, 11) is 1.44. The number of pyridine rings is 1. The predicted molar refractivity (Wildman–Crippen MR) is 116 cm³/mol. The van der Waals surface area contributed by atoms with Gasteiger partial charge in [-0.2, -0.15) is 0 Å². The van der Waals surface area contributed by atoms with Crippen molar-refractivity contribution in [3.05, 3.63) is 78.0 Å². The normalized spacial score (nSPS) is 10.7. The largest absolute Gasteiger partial charge is 0.493 e. The van der Waals surface area contributed by atoms with Crippen molar-refractivity contribution in [3.8, 4) is 11.5 Å². The van der Waals surface area contributed by atoms with Gasteiger partial charge in [0.1, 0.15) is 6.61 Å². The number of rotatable bonds is 7. The van der Waals surface area contributed by atoms with Crippen molar-refractivity contribution in [1.82, 2.24) is 4.98 Å². The van der Waals surface area contributed by atoms with E-state index >= 15 is 0 Å².